The van der Waals surface area contributed by atoms with Crippen LogP contribution < -0.4 is 4.74 Å². The van der Waals surface area contributed by atoms with E-state index in [0.717, 1.165) is 61.7 Å². The highest BCUT2D eigenvalue weighted by Gasteiger charge is 2.20. The molecular weight excluding hydrogens is 562 g/mol. The molecule has 0 amide bonds. The summed E-state index contributed by atoms with van der Waals surface area (Å²) in [7, 11) is 0. The average molecular weight is 590 g/mol. The van der Waals surface area contributed by atoms with Crippen molar-refractivity contribution in [3.8, 4) is 56.5 Å². The molecule has 46 heavy (non-hydrogen) atoms. The third kappa shape index (κ3) is 4.39. The molecule has 0 radical (unpaired) electrons. The first-order valence-corrected chi connectivity index (χ1v) is 15.4. The van der Waals surface area contributed by atoms with Crippen molar-refractivity contribution < 1.29 is 4.74 Å². The Kier molecular flexibility index (Phi) is 6.10. The minimum atomic E-state index is 0.701. The van der Waals surface area contributed by atoms with Gasteiger partial charge < -0.3 is 9.30 Å². The lowest BCUT2D eigenvalue weighted by molar-refractivity contribution is 0.489. The molecule has 0 fully saturated rings. The number of fused-ring (bicyclic) bond motifs is 6. The van der Waals surface area contributed by atoms with E-state index in [1.54, 1.807) is 6.26 Å². The lowest BCUT2D eigenvalue weighted by Crippen LogP contribution is -1.98. The molecule has 0 unspecified atom stereocenters. The van der Waals surface area contributed by atoms with Crippen LogP contribution in [0.1, 0.15) is 5.56 Å². The van der Waals surface area contributed by atoms with Gasteiger partial charge in [-0.2, -0.15) is 0 Å². The van der Waals surface area contributed by atoms with E-state index < -0.39 is 0 Å². The zero-order valence-corrected chi connectivity index (χ0v) is 24.8. The Morgan fingerprint density at radius 3 is 2.02 bits per heavy atom. The molecule has 0 bridgehead atoms. The maximum atomic E-state index is 6.22. The number of ether oxygens (including phenoxy) is 1. The van der Waals surface area contributed by atoms with Crippen LogP contribution >= 0.6 is 0 Å². The molecule has 3 heterocycles. The molecule has 6 aromatic carbocycles. The lowest BCUT2D eigenvalue weighted by Gasteiger charge is -2.13. The van der Waals surface area contributed by atoms with Crippen LogP contribution in [0.15, 0.2) is 158 Å². The van der Waals surface area contributed by atoms with Crippen molar-refractivity contribution in [3.63, 3.8) is 0 Å². The maximum absolute atomic E-state index is 6.22. The van der Waals surface area contributed by atoms with E-state index in [2.05, 4.69) is 120 Å². The molecule has 2 aromatic heterocycles. The van der Waals surface area contributed by atoms with Gasteiger partial charge in [0.2, 0.25) is 0 Å². The van der Waals surface area contributed by atoms with E-state index in [0.29, 0.717) is 5.82 Å². The number of hydrogen-bond donors (Lipinski definition) is 0. The first-order valence-electron chi connectivity index (χ1n) is 15.4. The first-order chi connectivity index (χ1) is 22.8. The van der Waals surface area contributed by atoms with Crippen molar-refractivity contribution >= 4 is 27.9 Å². The third-order valence-electron chi connectivity index (χ3n) is 8.70. The molecule has 0 N–H and O–H groups in total. The summed E-state index contributed by atoms with van der Waals surface area (Å²) in [5.41, 5.74) is 11.5. The van der Waals surface area contributed by atoms with Gasteiger partial charge in [-0.15, -0.1) is 0 Å². The van der Waals surface area contributed by atoms with Crippen LogP contribution in [0.2, 0.25) is 0 Å². The van der Waals surface area contributed by atoms with Crippen molar-refractivity contribution in [2.45, 2.75) is 0 Å². The van der Waals surface area contributed by atoms with Crippen molar-refractivity contribution in [3.05, 3.63) is 163 Å². The van der Waals surface area contributed by atoms with Crippen molar-refractivity contribution in [2.75, 3.05) is 0 Å². The molecule has 1 aliphatic rings. The standard InChI is InChI=1S/C42H27N3O/c1-3-13-29(14-4-1)37-26-38(44-42(43-37)30-15-5-2-6-16-30)31-17-11-18-32(24-31)45-39-21-10-9-20-34(39)35-25-36-33-19-8-7-12-28(33)22-23-46-41(36)27-40(35)45/h1-27H. The molecule has 0 aliphatic carbocycles. The van der Waals surface area contributed by atoms with E-state index >= 15 is 0 Å². The summed E-state index contributed by atoms with van der Waals surface area (Å²) in [6.45, 7) is 0. The van der Waals surface area contributed by atoms with Crippen LogP contribution in [-0.2, 0) is 0 Å². The zero-order valence-electron chi connectivity index (χ0n) is 24.8. The molecule has 4 nitrogen and oxygen atoms in total. The Morgan fingerprint density at radius 2 is 1.17 bits per heavy atom. The molecule has 0 atom stereocenters. The summed E-state index contributed by atoms with van der Waals surface area (Å²) in [6, 6.07) is 52.7. The van der Waals surface area contributed by atoms with Gasteiger partial charge in [-0.1, -0.05) is 115 Å². The van der Waals surface area contributed by atoms with Gasteiger partial charge in [-0.25, -0.2) is 9.97 Å². The molecule has 8 aromatic rings. The number of para-hydroxylation sites is 1. The predicted octanol–water partition coefficient (Wildman–Crippen LogP) is 10.6. The van der Waals surface area contributed by atoms with Gasteiger partial charge in [0.15, 0.2) is 5.82 Å². The molecule has 1 aliphatic heterocycles. The topological polar surface area (TPSA) is 39.9 Å². The van der Waals surface area contributed by atoms with Crippen LogP contribution in [0.3, 0.4) is 0 Å². The Balaban J connectivity index is 1.25. The fourth-order valence-corrected chi connectivity index (χ4v) is 6.52. The summed E-state index contributed by atoms with van der Waals surface area (Å²) in [5, 5.41) is 2.37. The number of hydrogen-bond acceptors (Lipinski definition) is 3. The minimum absolute atomic E-state index is 0.701. The molecule has 0 saturated carbocycles. The highest BCUT2D eigenvalue weighted by Crippen LogP contribution is 2.42. The van der Waals surface area contributed by atoms with Gasteiger partial charge in [0.1, 0.15) is 5.75 Å². The SMILES string of the molecule is C1=Cc2ccccc2-c2cc3c4ccccc4n(-c4cccc(-c5cc(-c6ccccc6)nc(-c6ccccc6)n5)c4)c3cc2O1. The van der Waals surface area contributed by atoms with E-state index in [-0.39, 0.29) is 0 Å². The zero-order chi connectivity index (χ0) is 30.5. The van der Waals surface area contributed by atoms with Gasteiger partial charge in [0, 0.05) is 44.8 Å². The fraction of sp³-hybridized carbons (Fsp3) is 0. The van der Waals surface area contributed by atoms with Gasteiger partial charge in [0.25, 0.3) is 0 Å². The smallest absolute Gasteiger partial charge is 0.160 e. The van der Waals surface area contributed by atoms with Gasteiger partial charge in [0.05, 0.1) is 28.7 Å². The van der Waals surface area contributed by atoms with E-state index in [4.69, 9.17) is 14.7 Å². The fourth-order valence-electron chi connectivity index (χ4n) is 6.52. The van der Waals surface area contributed by atoms with E-state index in [9.17, 15) is 0 Å². The quantitative estimate of drug-likeness (QED) is 0.205. The predicted molar refractivity (Wildman–Crippen MR) is 188 cm³/mol. The maximum Gasteiger partial charge on any atom is 0.160 e. The summed E-state index contributed by atoms with van der Waals surface area (Å²) >= 11 is 0. The molecule has 0 spiro atoms. The first kappa shape index (κ1) is 26.2. The number of benzene rings is 6. The summed E-state index contributed by atoms with van der Waals surface area (Å²) in [5.74, 6) is 1.54. The summed E-state index contributed by atoms with van der Waals surface area (Å²) in [4.78, 5) is 10.1. The highest BCUT2D eigenvalue weighted by molar-refractivity contribution is 6.11. The molecule has 9 rings (SSSR count). The number of rotatable bonds is 4. The Bertz CT molecular complexity index is 2380. The summed E-state index contributed by atoms with van der Waals surface area (Å²) < 4.78 is 8.55. The normalized spacial score (nSPS) is 12.0. The molecule has 216 valence electrons. The Labute approximate surface area is 266 Å². The molecule has 0 saturated heterocycles. The monoisotopic (exact) mass is 589 g/mol. The highest BCUT2D eigenvalue weighted by atomic mass is 16.5. The van der Waals surface area contributed by atoms with Crippen molar-refractivity contribution in [2.24, 2.45) is 0 Å². The van der Waals surface area contributed by atoms with Crippen molar-refractivity contribution in [1.82, 2.24) is 14.5 Å². The number of aromatic nitrogens is 3. The Morgan fingerprint density at radius 1 is 0.478 bits per heavy atom. The van der Waals surface area contributed by atoms with Crippen molar-refractivity contribution in [1.29, 1.82) is 0 Å². The molecule has 4 heteroatoms. The Hall–Kier alpha value is -6.26. The largest absolute Gasteiger partial charge is 0.464 e. The lowest BCUT2D eigenvalue weighted by atomic mass is 9.97. The van der Waals surface area contributed by atoms with Gasteiger partial charge >= 0.3 is 0 Å². The van der Waals surface area contributed by atoms with Gasteiger partial charge in [-0.3, -0.25) is 0 Å². The van der Waals surface area contributed by atoms with Crippen LogP contribution in [0.25, 0.3) is 78.6 Å². The second kappa shape index (κ2) is 10.7. The number of nitrogens with zero attached hydrogens (tertiary/aromatic N) is 3. The average Bonchev–Trinajstić information content (AvgIpc) is 3.33. The van der Waals surface area contributed by atoms with Crippen LogP contribution in [0.5, 0.6) is 5.75 Å². The van der Waals surface area contributed by atoms with Crippen LogP contribution in [-0.4, -0.2) is 14.5 Å². The second-order valence-electron chi connectivity index (χ2n) is 11.5. The summed E-state index contributed by atoms with van der Waals surface area (Å²) in [6.07, 6.45) is 3.82. The van der Waals surface area contributed by atoms with Crippen LogP contribution in [0, 0.1) is 0 Å². The van der Waals surface area contributed by atoms with Gasteiger partial charge in [-0.05, 0) is 47.5 Å². The van der Waals surface area contributed by atoms with E-state index in [1.165, 1.54) is 16.3 Å². The third-order valence-corrected chi connectivity index (χ3v) is 8.70. The minimum Gasteiger partial charge on any atom is -0.464 e. The second-order valence-corrected chi connectivity index (χ2v) is 11.5. The molecular formula is C42H27N3O. The van der Waals surface area contributed by atoms with E-state index in [1.807, 2.05) is 42.5 Å². The van der Waals surface area contributed by atoms with Crippen LogP contribution in [0.4, 0.5) is 0 Å².